The number of carbonyl (C=O) groups is 1. The Bertz CT molecular complexity index is 979. The third-order valence-electron chi connectivity index (χ3n) is 5.05. The van der Waals surface area contributed by atoms with E-state index >= 15 is 0 Å². The Morgan fingerprint density at radius 3 is 2.96 bits per heavy atom. The third-order valence-corrected chi connectivity index (χ3v) is 6.09. The highest BCUT2D eigenvalue weighted by Crippen LogP contribution is 2.32. The van der Waals surface area contributed by atoms with Crippen molar-refractivity contribution >= 4 is 32.6 Å². The number of aryl methyl sites for hydroxylation is 1. The zero-order valence-corrected chi connectivity index (χ0v) is 17.0. The Morgan fingerprint density at radius 2 is 2.21 bits per heavy atom. The van der Waals surface area contributed by atoms with Crippen molar-refractivity contribution in [2.75, 3.05) is 25.2 Å². The molecule has 1 fully saturated rings. The average Bonchev–Trinajstić information content (AvgIpc) is 3.40. The summed E-state index contributed by atoms with van der Waals surface area (Å²) in [4.78, 5) is 19.9. The second kappa shape index (κ2) is 8.29. The van der Waals surface area contributed by atoms with Crippen molar-refractivity contribution in [2.24, 2.45) is 0 Å². The molecular weight excluding hydrogens is 372 g/mol. The number of carbonyl (C=O) groups excluding carboxylic acids is 1. The summed E-state index contributed by atoms with van der Waals surface area (Å²) in [6.07, 6.45) is 3.02. The predicted molar refractivity (Wildman–Crippen MR) is 113 cm³/mol. The minimum atomic E-state index is -0.0795. The molecule has 3 aromatic rings. The topological polar surface area (TPSA) is 51.7 Å². The number of amides is 1. The van der Waals surface area contributed by atoms with E-state index in [2.05, 4.69) is 19.1 Å². The molecule has 0 saturated carbocycles. The van der Waals surface area contributed by atoms with Crippen molar-refractivity contribution in [1.29, 1.82) is 0 Å². The maximum Gasteiger partial charge on any atom is 0.260 e. The number of aromatic nitrogens is 1. The molecule has 0 N–H and O–H groups in total. The summed E-state index contributed by atoms with van der Waals surface area (Å²) in [5.41, 5.74) is 2.78. The molecule has 146 valence electrons. The molecule has 0 bridgehead atoms. The highest BCUT2D eigenvalue weighted by molar-refractivity contribution is 7.22. The normalized spacial score (nSPS) is 16.4. The summed E-state index contributed by atoms with van der Waals surface area (Å²) in [6, 6.07) is 13.6. The number of hydrogen-bond donors (Lipinski definition) is 0. The van der Waals surface area contributed by atoms with Gasteiger partial charge in [-0.1, -0.05) is 30.4 Å². The van der Waals surface area contributed by atoms with Gasteiger partial charge in [0, 0.05) is 12.2 Å². The van der Waals surface area contributed by atoms with Gasteiger partial charge in [-0.25, -0.2) is 4.98 Å². The highest BCUT2D eigenvalue weighted by atomic mass is 32.1. The molecule has 0 aliphatic carbocycles. The summed E-state index contributed by atoms with van der Waals surface area (Å²) in [5.74, 6) is 0.587. The molecule has 1 aliphatic heterocycles. The van der Waals surface area contributed by atoms with E-state index in [0.29, 0.717) is 23.0 Å². The Kier molecular flexibility index (Phi) is 5.59. The maximum atomic E-state index is 13.4. The van der Waals surface area contributed by atoms with Gasteiger partial charge in [0.25, 0.3) is 5.91 Å². The van der Waals surface area contributed by atoms with Crippen LogP contribution < -0.4 is 9.64 Å². The number of thiazole rings is 1. The number of nitrogens with zero attached hydrogens (tertiary/aromatic N) is 2. The quantitative estimate of drug-likeness (QED) is 0.606. The van der Waals surface area contributed by atoms with Crippen LogP contribution in [0.25, 0.3) is 10.2 Å². The molecule has 6 heteroatoms. The van der Waals surface area contributed by atoms with E-state index in [1.54, 1.807) is 29.4 Å². The number of methoxy groups -OCH3 is 1. The summed E-state index contributed by atoms with van der Waals surface area (Å²) < 4.78 is 12.2. The Balaban J connectivity index is 1.71. The lowest BCUT2D eigenvalue weighted by Gasteiger charge is -2.23. The van der Waals surface area contributed by atoms with Crippen molar-refractivity contribution in [3.8, 4) is 5.75 Å². The Hall–Kier alpha value is -2.44. The predicted octanol–water partition coefficient (Wildman–Crippen LogP) is 4.69. The van der Waals surface area contributed by atoms with Gasteiger partial charge in [0.1, 0.15) is 5.75 Å². The van der Waals surface area contributed by atoms with Crippen molar-refractivity contribution in [1.82, 2.24) is 4.98 Å². The largest absolute Gasteiger partial charge is 0.497 e. The van der Waals surface area contributed by atoms with Crippen LogP contribution in [0.4, 0.5) is 5.13 Å². The van der Waals surface area contributed by atoms with Crippen LogP contribution in [0.1, 0.15) is 35.7 Å². The van der Waals surface area contributed by atoms with E-state index in [1.165, 1.54) is 5.56 Å². The lowest BCUT2D eigenvalue weighted by molar-refractivity contribution is 0.0917. The van der Waals surface area contributed by atoms with Gasteiger partial charge in [-0.3, -0.25) is 9.69 Å². The first-order chi connectivity index (χ1) is 13.7. The lowest BCUT2D eigenvalue weighted by Crippen LogP contribution is -2.37. The first-order valence-corrected chi connectivity index (χ1v) is 10.5. The van der Waals surface area contributed by atoms with Gasteiger partial charge in [-0.2, -0.15) is 0 Å². The number of rotatable bonds is 6. The first-order valence-electron chi connectivity index (χ1n) is 9.65. The second-order valence-electron chi connectivity index (χ2n) is 6.93. The van der Waals surface area contributed by atoms with Gasteiger partial charge >= 0.3 is 0 Å². The zero-order valence-electron chi connectivity index (χ0n) is 16.2. The number of hydrogen-bond acceptors (Lipinski definition) is 5. The van der Waals surface area contributed by atoms with Crippen LogP contribution in [0.3, 0.4) is 0 Å². The molecule has 2 aromatic carbocycles. The van der Waals surface area contributed by atoms with Gasteiger partial charge < -0.3 is 9.47 Å². The van der Waals surface area contributed by atoms with E-state index in [1.807, 2.05) is 24.3 Å². The molecular formula is C22H24N2O3S. The fraction of sp³-hybridized carbons (Fsp3) is 0.364. The minimum Gasteiger partial charge on any atom is -0.497 e. The van der Waals surface area contributed by atoms with Gasteiger partial charge in [0.2, 0.25) is 0 Å². The molecule has 2 heterocycles. The van der Waals surface area contributed by atoms with Crippen molar-refractivity contribution < 1.29 is 14.3 Å². The van der Waals surface area contributed by atoms with Crippen LogP contribution in [0, 0.1) is 0 Å². The summed E-state index contributed by atoms with van der Waals surface area (Å²) >= 11 is 1.56. The molecule has 28 heavy (non-hydrogen) atoms. The molecule has 1 atom stereocenters. The molecule has 1 aromatic heterocycles. The molecule has 0 spiro atoms. The number of benzene rings is 2. The van der Waals surface area contributed by atoms with E-state index in [9.17, 15) is 4.79 Å². The lowest BCUT2D eigenvalue weighted by atomic mass is 10.1. The first kappa shape index (κ1) is 18.9. The molecule has 1 unspecified atom stereocenters. The maximum absolute atomic E-state index is 13.4. The summed E-state index contributed by atoms with van der Waals surface area (Å²) in [6.45, 7) is 3.40. The standard InChI is InChI=1S/C22H24N2O3S/c1-3-15-9-10-19-20(12-15)28-22(23-19)24(14-18-8-5-11-27-18)21(25)16-6-4-7-17(13-16)26-2/h4,6-7,9-10,12-13,18H,3,5,8,11,14H2,1-2H3. The van der Waals surface area contributed by atoms with Crippen molar-refractivity contribution in [3.05, 3.63) is 53.6 Å². The molecule has 5 nitrogen and oxygen atoms in total. The second-order valence-corrected chi connectivity index (χ2v) is 7.94. The Morgan fingerprint density at radius 1 is 1.32 bits per heavy atom. The molecule has 1 aliphatic rings. The van der Waals surface area contributed by atoms with Crippen LogP contribution in [0.2, 0.25) is 0 Å². The van der Waals surface area contributed by atoms with Gasteiger partial charge in [0.05, 0.1) is 30.0 Å². The fourth-order valence-corrected chi connectivity index (χ4v) is 4.48. The zero-order chi connectivity index (χ0) is 19.5. The van der Waals surface area contributed by atoms with E-state index in [-0.39, 0.29) is 12.0 Å². The van der Waals surface area contributed by atoms with Crippen LogP contribution in [0.5, 0.6) is 5.75 Å². The number of fused-ring (bicyclic) bond motifs is 1. The van der Waals surface area contributed by atoms with Crippen molar-refractivity contribution in [2.45, 2.75) is 32.3 Å². The van der Waals surface area contributed by atoms with Crippen LogP contribution >= 0.6 is 11.3 Å². The third kappa shape index (κ3) is 3.88. The minimum absolute atomic E-state index is 0.0489. The van der Waals surface area contributed by atoms with Crippen LogP contribution in [-0.4, -0.2) is 37.3 Å². The number of ether oxygens (including phenoxy) is 2. The molecule has 0 radical (unpaired) electrons. The summed E-state index contributed by atoms with van der Waals surface area (Å²) in [7, 11) is 1.60. The van der Waals surface area contributed by atoms with E-state index in [4.69, 9.17) is 14.5 Å². The smallest absolute Gasteiger partial charge is 0.260 e. The molecule has 4 rings (SSSR count). The van der Waals surface area contributed by atoms with Crippen LogP contribution in [0.15, 0.2) is 42.5 Å². The SMILES string of the molecule is CCc1ccc2nc(N(CC3CCCO3)C(=O)c3cccc(OC)c3)sc2c1. The van der Waals surface area contributed by atoms with Gasteiger partial charge in [0.15, 0.2) is 5.13 Å². The Labute approximate surface area is 168 Å². The van der Waals surface area contributed by atoms with E-state index in [0.717, 1.165) is 36.1 Å². The molecule has 1 saturated heterocycles. The fourth-order valence-electron chi connectivity index (χ4n) is 3.44. The highest BCUT2D eigenvalue weighted by Gasteiger charge is 2.27. The summed E-state index contributed by atoms with van der Waals surface area (Å²) in [5, 5.41) is 0.714. The average molecular weight is 397 g/mol. The van der Waals surface area contributed by atoms with Gasteiger partial charge in [-0.05, 0) is 55.2 Å². The monoisotopic (exact) mass is 396 g/mol. The van der Waals surface area contributed by atoms with Crippen molar-refractivity contribution in [3.63, 3.8) is 0 Å². The number of anilines is 1. The molecule has 1 amide bonds. The van der Waals surface area contributed by atoms with Gasteiger partial charge in [-0.15, -0.1) is 0 Å². The van der Waals surface area contributed by atoms with E-state index < -0.39 is 0 Å². The van der Waals surface area contributed by atoms with Crippen LogP contribution in [-0.2, 0) is 11.2 Å².